The molecule has 3 amide bonds. The van der Waals surface area contributed by atoms with Gasteiger partial charge >= 0.3 is 6.03 Å². The Hall–Kier alpha value is -1.82. The van der Waals surface area contributed by atoms with Gasteiger partial charge in [0.15, 0.2) is 0 Å². The van der Waals surface area contributed by atoms with Gasteiger partial charge in [0.05, 0.1) is 78.2 Å². The molecule has 0 radical (unpaired) electrons. The molecule has 0 aliphatic carbocycles. The molecule has 178 valence electrons. The Balaban J connectivity index is 2.46. The van der Waals surface area contributed by atoms with E-state index < -0.39 is 29.7 Å². The number of β-amino-alcohol motifs (C(OH)–C–C–N with tert-alkyl or cyclic N) is 2. The summed E-state index contributed by atoms with van der Waals surface area (Å²) in [7, 11) is 0. The van der Waals surface area contributed by atoms with E-state index in [1.807, 2.05) is 0 Å². The van der Waals surface area contributed by atoms with E-state index in [4.69, 9.17) is 18.9 Å². The second-order valence-electron chi connectivity index (χ2n) is 7.55. The average Bonchev–Trinajstić information content (AvgIpc) is 2.88. The van der Waals surface area contributed by atoms with E-state index in [0.717, 1.165) is 4.90 Å². The smallest absolute Gasteiger partial charge is 0.327 e. The number of hydrogen-bond acceptors (Lipinski definition) is 8. The lowest BCUT2D eigenvalue weighted by Gasteiger charge is -2.29. The van der Waals surface area contributed by atoms with Gasteiger partial charge in [-0.1, -0.05) is 12.2 Å². The molecule has 0 aromatic heterocycles. The third kappa shape index (κ3) is 9.06. The molecule has 1 fully saturated rings. The van der Waals surface area contributed by atoms with Crippen LogP contribution >= 0.6 is 0 Å². The second kappa shape index (κ2) is 14.3. The molecule has 2 unspecified atom stereocenters. The Bertz CT molecular complexity index is 584. The standard InChI is InChI=1S/C21H36N2O8/c1-5-7-28-9-11-30-15-17(24)13-22-19(26)21(3,4)23(20(22)27)14-18(25)16-31-12-10-29-8-6-2/h5-6,17-18,24-25H,1-2,7-16H2,3-4H3. The van der Waals surface area contributed by atoms with E-state index in [2.05, 4.69) is 13.2 Å². The maximum atomic E-state index is 12.8. The highest BCUT2D eigenvalue weighted by Crippen LogP contribution is 2.28. The van der Waals surface area contributed by atoms with E-state index in [-0.39, 0.29) is 39.5 Å². The number of carbonyl (C=O) groups is 2. The first-order chi connectivity index (χ1) is 14.8. The molecule has 1 aliphatic heterocycles. The zero-order chi connectivity index (χ0) is 23.3. The van der Waals surface area contributed by atoms with Gasteiger partial charge in [0.1, 0.15) is 5.54 Å². The molecule has 1 heterocycles. The third-order valence-electron chi connectivity index (χ3n) is 4.53. The molecule has 2 N–H and O–H groups in total. The fourth-order valence-electron chi connectivity index (χ4n) is 2.92. The average molecular weight is 445 g/mol. The maximum Gasteiger partial charge on any atom is 0.327 e. The fraction of sp³-hybridized carbons (Fsp3) is 0.714. The summed E-state index contributed by atoms with van der Waals surface area (Å²) in [5, 5.41) is 20.4. The highest BCUT2D eigenvalue weighted by Gasteiger charge is 2.51. The van der Waals surface area contributed by atoms with Crippen LogP contribution in [-0.4, -0.2) is 116 Å². The molecule has 2 atom stereocenters. The number of aliphatic hydroxyl groups is 2. The predicted molar refractivity (Wildman–Crippen MR) is 114 cm³/mol. The minimum atomic E-state index is -1.15. The summed E-state index contributed by atoms with van der Waals surface area (Å²) in [5.74, 6) is -0.447. The highest BCUT2D eigenvalue weighted by atomic mass is 16.5. The van der Waals surface area contributed by atoms with Crippen LogP contribution in [-0.2, 0) is 23.7 Å². The van der Waals surface area contributed by atoms with Crippen molar-refractivity contribution in [3.63, 3.8) is 0 Å². The van der Waals surface area contributed by atoms with Crippen molar-refractivity contribution in [1.82, 2.24) is 9.80 Å². The predicted octanol–water partition coefficient (Wildman–Crippen LogP) is 0.189. The van der Waals surface area contributed by atoms with Crippen LogP contribution in [0.1, 0.15) is 13.8 Å². The van der Waals surface area contributed by atoms with Crippen molar-refractivity contribution in [2.24, 2.45) is 0 Å². The summed E-state index contributed by atoms with van der Waals surface area (Å²) in [6.45, 7) is 12.1. The van der Waals surface area contributed by atoms with Crippen LogP contribution < -0.4 is 0 Å². The fourth-order valence-corrected chi connectivity index (χ4v) is 2.92. The largest absolute Gasteiger partial charge is 0.389 e. The lowest BCUT2D eigenvalue weighted by molar-refractivity contribution is -0.133. The van der Waals surface area contributed by atoms with Gasteiger partial charge in [0, 0.05) is 0 Å². The summed E-state index contributed by atoms with van der Waals surface area (Å²) < 4.78 is 21.0. The van der Waals surface area contributed by atoms with Gasteiger partial charge in [-0.15, -0.1) is 13.2 Å². The number of nitrogens with zero attached hydrogens (tertiary/aromatic N) is 2. The molecule has 1 rings (SSSR count). The van der Waals surface area contributed by atoms with Crippen LogP contribution in [0.4, 0.5) is 4.79 Å². The van der Waals surface area contributed by atoms with Crippen LogP contribution in [0.5, 0.6) is 0 Å². The SMILES string of the molecule is C=CCOCCOCC(O)CN1C(=O)N(CC(O)COCCOCC=C)C(C)(C)C1=O. The minimum Gasteiger partial charge on any atom is -0.389 e. The topological polar surface area (TPSA) is 118 Å². The summed E-state index contributed by atoms with van der Waals surface area (Å²) in [4.78, 5) is 27.8. The first kappa shape index (κ1) is 27.2. The van der Waals surface area contributed by atoms with Crippen LogP contribution in [0, 0.1) is 0 Å². The molecule has 0 aromatic rings. The van der Waals surface area contributed by atoms with Crippen molar-refractivity contribution in [1.29, 1.82) is 0 Å². The van der Waals surface area contributed by atoms with Crippen molar-refractivity contribution in [3.05, 3.63) is 25.3 Å². The zero-order valence-electron chi connectivity index (χ0n) is 18.5. The highest BCUT2D eigenvalue weighted by molar-refractivity contribution is 6.06. The van der Waals surface area contributed by atoms with Crippen molar-refractivity contribution < 1.29 is 38.7 Å². The van der Waals surface area contributed by atoms with Crippen LogP contribution in [0.15, 0.2) is 25.3 Å². The number of rotatable bonds is 18. The maximum absolute atomic E-state index is 12.8. The van der Waals surface area contributed by atoms with Crippen LogP contribution in [0.3, 0.4) is 0 Å². The van der Waals surface area contributed by atoms with Crippen LogP contribution in [0.2, 0.25) is 0 Å². The monoisotopic (exact) mass is 444 g/mol. The Morgan fingerprint density at radius 1 is 0.871 bits per heavy atom. The number of imide groups is 1. The Kier molecular flexibility index (Phi) is 12.5. The molecule has 0 saturated carbocycles. The summed E-state index contributed by atoms with van der Waals surface area (Å²) in [5.41, 5.74) is -1.15. The Morgan fingerprint density at radius 2 is 1.32 bits per heavy atom. The first-order valence-electron chi connectivity index (χ1n) is 10.3. The van der Waals surface area contributed by atoms with Crippen LogP contribution in [0.25, 0.3) is 0 Å². The Labute approximate surface area is 184 Å². The van der Waals surface area contributed by atoms with E-state index in [9.17, 15) is 19.8 Å². The molecular formula is C21H36N2O8. The van der Waals surface area contributed by atoms with Gasteiger partial charge in [-0.05, 0) is 13.8 Å². The molecule has 0 spiro atoms. The van der Waals surface area contributed by atoms with Gasteiger partial charge in [0.2, 0.25) is 0 Å². The van der Waals surface area contributed by atoms with E-state index in [1.165, 1.54) is 4.90 Å². The van der Waals surface area contributed by atoms with Crippen molar-refractivity contribution in [3.8, 4) is 0 Å². The van der Waals surface area contributed by atoms with E-state index in [0.29, 0.717) is 26.4 Å². The lowest BCUT2D eigenvalue weighted by Crippen LogP contribution is -2.48. The molecule has 0 aromatic carbocycles. The summed E-state index contributed by atoms with van der Waals surface area (Å²) >= 11 is 0. The van der Waals surface area contributed by atoms with Gasteiger partial charge in [-0.2, -0.15) is 0 Å². The van der Waals surface area contributed by atoms with Crippen molar-refractivity contribution >= 4 is 11.9 Å². The normalized spacial score (nSPS) is 17.8. The lowest BCUT2D eigenvalue weighted by atomic mass is 10.0. The molecule has 10 nitrogen and oxygen atoms in total. The summed E-state index contributed by atoms with van der Waals surface area (Å²) in [6, 6.07) is -0.572. The number of carbonyl (C=O) groups excluding carboxylic acids is 2. The molecule has 1 aliphatic rings. The first-order valence-corrected chi connectivity index (χ1v) is 10.3. The molecule has 31 heavy (non-hydrogen) atoms. The van der Waals surface area contributed by atoms with Gasteiger partial charge in [-0.3, -0.25) is 9.69 Å². The van der Waals surface area contributed by atoms with E-state index >= 15 is 0 Å². The second-order valence-corrected chi connectivity index (χ2v) is 7.55. The third-order valence-corrected chi connectivity index (χ3v) is 4.53. The van der Waals surface area contributed by atoms with E-state index in [1.54, 1.807) is 26.0 Å². The number of hydrogen-bond donors (Lipinski definition) is 2. The molecule has 0 bridgehead atoms. The quantitative estimate of drug-likeness (QED) is 0.175. The summed E-state index contributed by atoms with van der Waals surface area (Å²) in [6.07, 6.45) is 1.24. The van der Waals surface area contributed by atoms with Crippen molar-refractivity contribution in [2.45, 2.75) is 31.6 Å². The molecule has 10 heteroatoms. The zero-order valence-corrected chi connectivity index (χ0v) is 18.5. The number of ether oxygens (including phenoxy) is 4. The van der Waals surface area contributed by atoms with Crippen molar-refractivity contribution in [2.75, 3.05) is 65.9 Å². The number of aliphatic hydroxyl groups excluding tert-OH is 2. The number of amides is 3. The number of urea groups is 1. The van der Waals surface area contributed by atoms with Gasteiger partial charge < -0.3 is 34.1 Å². The molecular weight excluding hydrogens is 408 g/mol. The molecule has 1 saturated heterocycles. The van der Waals surface area contributed by atoms with Gasteiger partial charge in [-0.25, -0.2) is 4.79 Å². The minimum absolute atomic E-state index is 0.00408. The Morgan fingerprint density at radius 3 is 1.81 bits per heavy atom. The van der Waals surface area contributed by atoms with Gasteiger partial charge in [0.25, 0.3) is 5.91 Å².